The zero-order valence-corrected chi connectivity index (χ0v) is 14.3. The van der Waals surface area contributed by atoms with Gasteiger partial charge in [-0.25, -0.2) is 12.8 Å². The Hall–Kier alpha value is -1.35. The van der Waals surface area contributed by atoms with Crippen molar-refractivity contribution >= 4 is 15.5 Å². The fourth-order valence-corrected chi connectivity index (χ4v) is 3.89. The number of piperidine rings is 1. The van der Waals surface area contributed by atoms with Gasteiger partial charge in [0.05, 0.1) is 5.69 Å². The predicted molar refractivity (Wildman–Crippen MR) is 83.1 cm³/mol. The van der Waals surface area contributed by atoms with E-state index in [1.54, 1.807) is 0 Å². The molecule has 0 radical (unpaired) electrons. The molecular formula is C15H20F4N2O2S. The van der Waals surface area contributed by atoms with Crippen molar-refractivity contribution in [2.75, 3.05) is 38.6 Å². The lowest BCUT2D eigenvalue weighted by Gasteiger charge is -2.33. The first-order chi connectivity index (χ1) is 11.0. The molecule has 9 heteroatoms. The molecule has 0 saturated carbocycles. The van der Waals surface area contributed by atoms with Crippen LogP contribution in [0, 0.1) is 11.7 Å². The van der Waals surface area contributed by atoms with Crippen LogP contribution in [0.15, 0.2) is 23.1 Å². The van der Waals surface area contributed by atoms with Crippen LogP contribution in [0.4, 0.5) is 23.2 Å². The number of rotatable bonds is 4. The van der Waals surface area contributed by atoms with Crippen molar-refractivity contribution in [1.82, 2.24) is 4.90 Å². The quantitative estimate of drug-likeness (QED) is 0.767. The highest BCUT2D eigenvalue weighted by atomic mass is 32.2. The Balaban J connectivity index is 2.30. The Kier molecular flexibility index (Phi) is 5.44. The van der Waals surface area contributed by atoms with Gasteiger partial charge in [-0.1, -0.05) is 0 Å². The standard InChI is InChI=1S/C15H20F4N2O2S/c1-20-7-5-11(6-8-20)10-21(2)13-4-3-12(16)9-14(13)24(22,23)15(17,18)19/h3-4,9,11H,5-8,10H2,1-2H3. The fourth-order valence-electron chi connectivity index (χ4n) is 2.87. The van der Waals surface area contributed by atoms with Crippen LogP contribution < -0.4 is 4.90 Å². The van der Waals surface area contributed by atoms with Gasteiger partial charge in [-0.3, -0.25) is 0 Å². The monoisotopic (exact) mass is 368 g/mol. The van der Waals surface area contributed by atoms with Crippen molar-refractivity contribution in [2.24, 2.45) is 5.92 Å². The van der Waals surface area contributed by atoms with Crippen molar-refractivity contribution in [3.05, 3.63) is 24.0 Å². The minimum Gasteiger partial charge on any atom is -0.373 e. The predicted octanol–water partition coefficient (Wildman–Crippen LogP) is 2.90. The summed E-state index contributed by atoms with van der Waals surface area (Å²) in [6.07, 6.45) is 1.76. The first kappa shape index (κ1) is 19.0. The molecule has 2 rings (SSSR count). The summed E-state index contributed by atoms with van der Waals surface area (Å²) in [6, 6.07) is 2.49. The summed E-state index contributed by atoms with van der Waals surface area (Å²) in [5.74, 6) is -0.771. The molecule has 1 saturated heterocycles. The maximum atomic E-state index is 13.4. The molecule has 24 heavy (non-hydrogen) atoms. The van der Waals surface area contributed by atoms with E-state index in [1.807, 2.05) is 7.05 Å². The Bertz CT molecular complexity index is 683. The molecule has 1 aromatic carbocycles. The topological polar surface area (TPSA) is 40.6 Å². The van der Waals surface area contributed by atoms with E-state index in [-0.39, 0.29) is 11.6 Å². The maximum Gasteiger partial charge on any atom is 0.501 e. The van der Waals surface area contributed by atoms with Crippen LogP contribution in [0.3, 0.4) is 0 Å². The Labute approximate surface area is 139 Å². The second kappa shape index (κ2) is 6.87. The molecule has 4 nitrogen and oxygen atoms in total. The van der Waals surface area contributed by atoms with Gasteiger partial charge in [-0.2, -0.15) is 13.2 Å². The zero-order valence-electron chi connectivity index (χ0n) is 13.5. The molecule has 1 heterocycles. The summed E-state index contributed by atoms with van der Waals surface area (Å²) < 4.78 is 75.4. The van der Waals surface area contributed by atoms with E-state index < -0.39 is 26.1 Å². The molecule has 0 spiro atoms. The molecular weight excluding hydrogens is 348 g/mol. The molecule has 0 atom stereocenters. The third kappa shape index (κ3) is 4.00. The van der Waals surface area contributed by atoms with E-state index in [1.165, 1.54) is 11.9 Å². The van der Waals surface area contributed by atoms with Gasteiger partial charge in [0.15, 0.2) is 0 Å². The highest BCUT2D eigenvalue weighted by Crippen LogP contribution is 2.36. The lowest BCUT2D eigenvalue weighted by Crippen LogP contribution is -2.36. The average molecular weight is 368 g/mol. The number of hydrogen-bond acceptors (Lipinski definition) is 4. The highest BCUT2D eigenvalue weighted by molar-refractivity contribution is 7.92. The summed E-state index contributed by atoms with van der Waals surface area (Å²) in [5.41, 5.74) is -5.60. The van der Waals surface area contributed by atoms with Crippen LogP contribution in [-0.2, 0) is 9.84 Å². The zero-order chi connectivity index (χ0) is 18.1. The van der Waals surface area contributed by atoms with Gasteiger partial charge >= 0.3 is 5.51 Å². The molecule has 0 aliphatic carbocycles. The number of halogens is 4. The van der Waals surface area contributed by atoms with Crippen molar-refractivity contribution in [2.45, 2.75) is 23.2 Å². The van der Waals surface area contributed by atoms with Crippen molar-refractivity contribution in [3.63, 3.8) is 0 Å². The summed E-state index contributed by atoms with van der Waals surface area (Å²) in [4.78, 5) is 2.59. The van der Waals surface area contributed by atoms with Gasteiger partial charge in [-0.15, -0.1) is 0 Å². The summed E-state index contributed by atoms with van der Waals surface area (Å²) in [7, 11) is -2.09. The molecule has 0 bridgehead atoms. The number of sulfone groups is 1. The third-order valence-electron chi connectivity index (χ3n) is 4.30. The largest absolute Gasteiger partial charge is 0.501 e. The number of alkyl halides is 3. The highest BCUT2D eigenvalue weighted by Gasteiger charge is 2.48. The molecule has 136 valence electrons. The van der Waals surface area contributed by atoms with Gasteiger partial charge in [0.1, 0.15) is 10.7 Å². The number of anilines is 1. The Morgan fingerprint density at radius 3 is 2.38 bits per heavy atom. The first-order valence-electron chi connectivity index (χ1n) is 7.53. The van der Waals surface area contributed by atoms with Gasteiger partial charge in [0.25, 0.3) is 9.84 Å². The molecule has 0 aromatic heterocycles. The summed E-state index contributed by atoms with van der Waals surface area (Å²) in [6.45, 7) is 2.19. The normalized spacial score (nSPS) is 17.9. The van der Waals surface area contributed by atoms with Crippen LogP contribution >= 0.6 is 0 Å². The molecule has 1 fully saturated rings. The van der Waals surface area contributed by atoms with Gasteiger partial charge in [0.2, 0.25) is 0 Å². The van der Waals surface area contributed by atoms with E-state index in [9.17, 15) is 26.0 Å². The molecule has 1 aromatic rings. The van der Waals surface area contributed by atoms with Crippen molar-refractivity contribution in [1.29, 1.82) is 0 Å². The van der Waals surface area contributed by atoms with E-state index in [0.29, 0.717) is 12.6 Å². The minimum atomic E-state index is -5.61. The summed E-state index contributed by atoms with van der Waals surface area (Å²) >= 11 is 0. The molecule has 1 aliphatic heterocycles. The second-order valence-corrected chi connectivity index (χ2v) is 8.10. The lowest BCUT2D eigenvalue weighted by molar-refractivity contribution is -0.0435. The number of benzene rings is 1. The Morgan fingerprint density at radius 2 is 1.83 bits per heavy atom. The van der Waals surface area contributed by atoms with E-state index in [4.69, 9.17) is 0 Å². The van der Waals surface area contributed by atoms with Crippen LogP contribution in [0.5, 0.6) is 0 Å². The minimum absolute atomic E-state index is 0.132. The smallest absolute Gasteiger partial charge is 0.373 e. The number of hydrogen-bond donors (Lipinski definition) is 0. The summed E-state index contributed by atoms with van der Waals surface area (Å²) in [5, 5.41) is 0. The number of nitrogens with zero attached hydrogens (tertiary/aromatic N) is 2. The maximum absolute atomic E-state index is 13.4. The van der Waals surface area contributed by atoms with Crippen LogP contribution in [0.1, 0.15) is 12.8 Å². The first-order valence-corrected chi connectivity index (χ1v) is 9.01. The molecule has 0 amide bonds. The van der Waals surface area contributed by atoms with Gasteiger partial charge in [0, 0.05) is 13.6 Å². The fraction of sp³-hybridized carbons (Fsp3) is 0.600. The number of likely N-dealkylation sites (tertiary alicyclic amines) is 1. The molecule has 0 unspecified atom stereocenters. The lowest BCUT2D eigenvalue weighted by atomic mass is 9.96. The van der Waals surface area contributed by atoms with Crippen LogP contribution in [0.2, 0.25) is 0 Å². The Morgan fingerprint density at radius 1 is 1.25 bits per heavy atom. The molecule has 0 N–H and O–H groups in total. The van der Waals surface area contributed by atoms with Gasteiger partial charge in [-0.05, 0) is 57.1 Å². The average Bonchev–Trinajstić information content (AvgIpc) is 2.48. The second-order valence-electron chi connectivity index (χ2n) is 6.19. The van der Waals surface area contributed by atoms with Crippen molar-refractivity contribution < 1.29 is 26.0 Å². The SMILES string of the molecule is CN1CCC(CN(C)c2ccc(F)cc2S(=O)(=O)C(F)(F)F)CC1. The third-order valence-corrected chi connectivity index (χ3v) is 5.81. The van der Waals surface area contributed by atoms with E-state index >= 15 is 0 Å². The van der Waals surface area contributed by atoms with Crippen LogP contribution in [0.25, 0.3) is 0 Å². The van der Waals surface area contributed by atoms with Gasteiger partial charge < -0.3 is 9.80 Å². The van der Waals surface area contributed by atoms with E-state index in [0.717, 1.165) is 38.1 Å². The van der Waals surface area contributed by atoms with Crippen LogP contribution in [-0.4, -0.2) is 52.6 Å². The van der Waals surface area contributed by atoms with E-state index in [2.05, 4.69) is 4.90 Å². The van der Waals surface area contributed by atoms with Crippen molar-refractivity contribution in [3.8, 4) is 0 Å². The molecule has 1 aliphatic rings.